The molecule has 22 heavy (non-hydrogen) atoms. The number of carbonyl (C=O) groups excluding carboxylic acids is 2. The second-order valence-electron chi connectivity index (χ2n) is 5.42. The lowest BCUT2D eigenvalue weighted by atomic mass is 9.89. The largest absolute Gasteiger partial charge is 0.445 e. The highest BCUT2D eigenvalue weighted by Gasteiger charge is 2.42. The summed E-state index contributed by atoms with van der Waals surface area (Å²) < 4.78 is 6.43. The van der Waals surface area contributed by atoms with E-state index in [0.717, 1.165) is 9.13 Å². The molecule has 112 valence electrons. The fraction of sp³-hybridized carbons (Fsp3) is 0.176. The maximum atomic E-state index is 12.6. The van der Waals surface area contributed by atoms with Crippen LogP contribution in [-0.4, -0.2) is 17.5 Å². The molecule has 1 aliphatic rings. The van der Waals surface area contributed by atoms with E-state index in [9.17, 15) is 9.59 Å². The van der Waals surface area contributed by atoms with Gasteiger partial charge in [-0.1, -0.05) is 24.3 Å². The second kappa shape index (κ2) is 5.72. The van der Waals surface area contributed by atoms with E-state index in [0.29, 0.717) is 17.7 Å². The first kappa shape index (κ1) is 15.0. The van der Waals surface area contributed by atoms with Gasteiger partial charge >= 0.3 is 5.97 Å². The third-order valence-corrected chi connectivity index (χ3v) is 4.32. The highest BCUT2D eigenvalue weighted by Crippen LogP contribution is 2.29. The minimum Gasteiger partial charge on any atom is -0.445 e. The lowest BCUT2D eigenvalue weighted by Gasteiger charge is -2.33. The molecule has 0 spiro atoms. The van der Waals surface area contributed by atoms with Gasteiger partial charge in [-0.3, -0.25) is 4.79 Å². The summed E-state index contributed by atoms with van der Waals surface area (Å²) >= 11 is 2.18. The number of amides is 1. The molecule has 4 nitrogen and oxygen atoms in total. The van der Waals surface area contributed by atoms with E-state index in [2.05, 4.69) is 27.9 Å². The predicted molar refractivity (Wildman–Crippen MR) is 91.8 cm³/mol. The van der Waals surface area contributed by atoms with Crippen molar-refractivity contribution in [2.45, 2.75) is 18.9 Å². The molecule has 0 saturated heterocycles. The molecule has 0 fully saturated rings. The monoisotopic (exact) mass is 407 g/mol. The van der Waals surface area contributed by atoms with Crippen molar-refractivity contribution in [3.05, 3.63) is 63.2 Å². The summed E-state index contributed by atoms with van der Waals surface area (Å²) in [6.45, 7) is 1.64. The Hall–Kier alpha value is -1.89. The molecule has 0 saturated carbocycles. The number of fused-ring (bicyclic) bond motifs is 1. The van der Waals surface area contributed by atoms with Crippen molar-refractivity contribution in [3.8, 4) is 0 Å². The number of carbonyl (C=O) groups is 2. The topological polar surface area (TPSA) is 55.4 Å². The summed E-state index contributed by atoms with van der Waals surface area (Å²) in [4.78, 5) is 24.7. The molecule has 2 aromatic carbocycles. The SMILES string of the molecule is CC1(C(=O)Nc2cccc(I)c2)Cc2ccccc2C(=O)O1. The third kappa shape index (κ3) is 2.85. The molecule has 0 radical (unpaired) electrons. The number of cyclic esters (lactones) is 1. The van der Waals surface area contributed by atoms with Crippen LogP contribution >= 0.6 is 22.6 Å². The van der Waals surface area contributed by atoms with Gasteiger partial charge in [0.2, 0.25) is 0 Å². The Bertz CT molecular complexity index is 759. The first-order valence-corrected chi connectivity index (χ1v) is 7.94. The van der Waals surface area contributed by atoms with Gasteiger partial charge in [0.25, 0.3) is 5.91 Å². The van der Waals surface area contributed by atoms with E-state index in [4.69, 9.17) is 4.74 Å². The van der Waals surface area contributed by atoms with Crippen molar-refractivity contribution >= 4 is 40.2 Å². The molecular weight excluding hydrogens is 393 g/mol. The summed E-state index contributed by atoms with van der Waals surface area (Å²) in [5, 5.41) is 2.82. The number of hydrogen-bond acceptors (Lipinski definition) is 3. The number of nitrogens with one attached hydrogen (secondary N) is 1. The Kier molecular flexibility index (Phi) is 3.90. The predicted octanol–water partition coefficient (Wildman–Crippen LogP) is 3.40. The molecule has 3 rings (SSSR count). The van der Waals surface area contributed by atoms with Crippen molar-refractivity contribution in [2.75, 3.05) is 5.32 Å². The van der Waals surface area contributed by atoms with Crippen molar-refractivity contribution in [2.24, 2.45) is 0 Å². The number of ether oxygens (including phenoxy) is 1. The zero-order valence-electron chi connectivity index (χ0n) is 11.9. The average Bonchev–Trinajstić information content (AvgIpc) is 2.47. The van der Waals surface area contributed by atoms with Crippen LogP contribution in [0.1, 0.15) is 22.8 Å². The molecular formula is C17H14INO3. The molecule has 1 atom stereocenters. The van der Waals surface area contributed by atoms with E-state index in [1.807, 2.05) is 36.4 Å². The molecule has 1 unspecified atom stereocenters. The fourth-order valence-electron chi connectivity index (χ4n) is 2.49. The van der Waals surface area contributed by atoms with Crippen molar-refractivity contribution in [1.29, 1.82) is 0 Å². The van der Waals surface area contributed by atoms with Gasteiger partial charge in [-0.25, -0.2) is 4.79 Å². The Morgan fingerprint density at radius 2 is 2.00 bits per heavy atom. The van der Waals surface area contributed by atoms with Crippen molar-refractivity contribution < 1.29 is 14.3 Å². The van der Waals surface area contributed by atoms with Crippen LogP contribution in [0.3, 0.4) is 0 Å². The van der Waals surface area contributed by atoms with Gasteiger partial charge in [-0.15, -0.1) is 0 Å². The van der Waals surface area contributed by atoms with Gasteiger partial charge < -0.3 is 10.1 Å². The Morgan fingerprint density at radius 3 is 2.77 bits per heavy atom. The van der Waals surface area contributed by atoms with Crippen LogP contribution in [0, 0.1) is 3.57 Å². The van der Waals surface area contributed by atoms with Crippen LogP contribution in [0.5, 0.6) is 0 Å². The van der Waals surface area contributed by atoms with Gasteiger partial charge in [0.05, 0.1) is 5.56 Å². The van der Waals surface area contributed by atoms with Crippen LogP contribution in [0.4, 0.5) is 5.69 Å². The molecule has 1 N–H and O–H groups in total. The molecule has 1 aliphatic heterocycles. The third-order valence-electron chi connectivity index (χ3n) is 3.65. The Balaban J connectivity index is 1.85. The molecule has 0 aliphatic carbocycles. The van der Waals surface area contributed by atoms with Crippen molar-refractivity contribution in [1.82, 2.24) is 0 Å². The van der Waals surface area contributed by atoms with E-state index in [-0.39, 0.29) is 5.91 Å². The van der Waals surface area contributed by atoms with Gasteiger partial charge in [-0.2, -0.15) is 0 Å². The average molecular weight is 407 g/mol. The quantitative estimate of drug-likeness (QED) is 0.614. The minimum absolute atomic E-state index is 0.322. The Morgan fingerprint density at radius 1 is 1.23 bits per heavy atom. The zero-order chi connectivity index (χ0) is 15.7. The minimum atomic E-state index is -1.20. The number of esters is 1. The lowest BCUT2D eigenvalue weighted by molar-refractivity contribution is -0.134. The molecule has 1 heterocycles. The number of hydrogen-bond donors (Lipinski definition) is 1. The summed E-state index contributed by atoms with van der Waals surface area (Å²) in [5.74, 6) is -0.778. The maximum Gasteiger partial charge on any atom is 0.339 e. The van der Waals surface area contributed by atoms with Gasteiger partial charge in [0.1, 0.15) is 0 Å². The number of benzene rings is 2. The zero-order valence-corrected chi connectivity index (χ0v) is 14.1. The van der Waals surface area contributed by atoms with Crippen LogP contribution in [0.2, 0.25) is 0 Å². The fourth-order valence-corrected chi connectivity index (χ4v) is 3.03. The van der Waals surface area contributed by atoms with Gasteiger partial charge in [0.15, 0.2) is 5.60 Å². The molecule has 5 heteroatoms. The van der Waals surface area contributed by atoms with Crippen LogP contribution in [0.25, 0.3) is 0 Å². The first-order valence-electron chi connectivity index (χ1n) is 6.86. The van der Waals surface area contributed by atoms with E-state index in [1.165, 1.54) is 0 Å². The number of halogens is 1. The summed E-state index contributed by atoms with van der Waals surface area (Å²) in [7, 11) is 0. The second-order valence-corrected chi connectivity index (χ2v) is 6.66. The van der Waals surface area contributed by atoms with E-state index < -0.39 is 11.6 Å². The molecule has 0 aromatic heterocycles. The number of rotatable bonds is 2. The van der Waals surface area contributed by atoms with Crippen LogP contribution < -0.4 is 5.32 Å². The molecule has 1 amide bonds. The first-order chi connectivity index (χ1) is 10.5. The van der Waals surface area contributed by atoms with Crippen LogP contribution in [-0.2, 0) is 16.0 Å². The highest BCUT2D eigenvalue weighted by molar-refractivity contribution is 14.1. The van der Waals surface area contributed by atoms with E-state index >= 15 is 0 Å². The standard InChI is InChI=1S/C17H14INO3/c1-17(16(21)19-13-7-4-6-12(18)9-13)10-11-5-2-3-8-14(11)15(20)22-17/h2-9H,10H2,1H3,(H,19,21). The van der Waals surface area contributed by atoms with E-state index in [1.54, 1.807) is 19.1 Å². The summed E-state index contributed by atoms with van der Waals surface area (Å²) in [6.07, 6.45) is 0.366. The van der Waals surface area contributed by atoms with Crippen LogP contribution in [0.15, 0.2) is 48.5 Å². The number of anilines is 1. The Labute approximate surface area is 142 Å². The summed E-state index contributed by atoms with van der Waals surface area (Å²) in [5.41, 5.74) is 0.848. The molecule has 2 aromatic rings. The summed E-state index contributed by atoms with van der Waals surface area (Å²) in [6, 6.07) is 14.7. The van der Waals surface area contributed by atoms with Gasteiger partial charge in [-0.05, 0) is 59.3 Å². The highest BCUT2D eigenvalue weighted by atomic mass is 127. The van der Waals surface area contributed by atoms with Gasteiger partial charge in [0, 0.05) is 15.7 Å². The lowest BCUT2D eigenvalue weighted by Crippen LogP contribution is -2.48. The smallest absolute Gasteiger partial charge is 0.339 e. The van der Waals surface area contributed by atoms with Crippen molar-refractivity contribution in [3.63, 3.8) is 0 Å². The maximum absolute atomic E-state index is 12.6. The normalized spacial score (nSPS) is 20.0. The molecule has 0 bridgehead atoms.